The Labute approximate surface area is 150 Å². The highest BCUT2D eigenvalue weighted by molar-refractivity contribution is 7.11. The number of carbonyl (C=O) groups excluding carboxylic acids is 2. The van der Waals surface area contributed by atoms with Crippen LogP contribution >= 0.6 is 11.3 Å². The van der Waals surface area contributed by atoms with Gasteiger partial charge in [-0.05, 0) is 32.3 Å². The van der Waals surface area contributed by atoms with Crippen molar-refractivity contribution in [3.63, 3.8) is 0 Å². The van der Waals surface area contributed by atoms with Crippen LogP contribution in [-0.2, 0) is 13.0 Å². The number of hydrogen-bond acceptors (Lipinski definition) is 5. The van der Waals surface area contributed by atoms with Gasteiger partial charge >= 0.3 is 0 Å². The molecule has 132 valence electrons. The maximum Gasteiger partial charge on any atom is 0.274 e. The zero-order chi connectivity index (χ0) is 17.4. The molecule has 2 aromatic heterocycles. The van der Waals surface area contributed by atoms with Crippen LogP contribution in [0.2, 0.25) is 0 Å². The van der Waals surface area contributed by atoms with Crippen molar-refractivity contribution in [2.45, 2.75) is 32.7 Å². The molecular formula is C17H21N5O2S. The Morgan fingerprint density at radius 3 is 2.40 bits per heavy atom. The van der Waals surface area contributed by atoms with Gasteiger partial charge in [0.05, 0.1) is 11.2 Å². The van der Waals surface area contributed by atoms with E-state index in [1.54, 1.807) is 10.4 Å². The Morgan fingerprint density at radius 1 is 1.04 bits per heavy atom. The highest BCUT2D eigenvalue weighted by Gasteiger charge is 2.28. The van der Waals surface area contributed by atoms with Gasteiger partial charge in [-0.1, -0.05) is 0 Å². The maximum atomic E-state index is 12.7. The van der Waals surface area contributed by atoms with E-state index >= 15 is 0 Å². The molecule has 0 unspecified atom stereocenters. The third-order valence-electron chi connectivity index (χ3n) is 4.93. The van der Waals surface area contributed by atoms with E-state index in [-0.39, 0.29) is 11.8 Å². The molecule has 1 fully saturated rings. The highest BCUT2D eigenvalue weighted by atomic mass is 32.1. The molecule has 8 heteroatoms. The van der Waals surface area contributed by atoms with Gasteiger partial charge in [-0.15, -0.1) is 11.3 Å². The van der Waals surface area contributed by atoms with Crippen LogP contribution in [0.3, 0.4) is 0 Å². The second-order valence-electron chi connectivity index (χ2n) is 6.55. The van der Waals surface area contributed by atoms with Crippen LogP contribution in [0, 0.1) is 6.92 Å². The van der Waals surface area contributed by atoms with Gasteiger partial charge in [-0.2, -0.15) is 5.10 Å². The van der Waals surface area contributed by atoms with E-state index in [4.69, 9.17) is 0 Å². The summed E-state index contributed by atoms with van der Waals surface area (Å²) in [7, 11) is 0. The largest absolute Gasteiger partial charge is 0.334 e. The van der Waals surface area contributed by atoms with Gasteiger partial charge in [0, 0.05) is 38.4 Å². The molecule has 4 heterocycles. The van der Waals surface area contributed by atoms with Crippen molar-refractivity contribution in [1.29, 1.82) is 0 Å². The van der Waals surface area contributed by atoms with Gasteiger partial charge < -0.3 is 9.80 Å². The predicted molar refractivity (Wildman–Crippen MR) is 93.8 cm³/mol. The SMILES string of the molecule is Cc1ncsc1C(=O)N1CCN(C(=O)c2cc3n(n2)CCCC3)CC1. The van der Waals surface area contributed by atoms with E-state index in [1.165, 1.54) is 11.3 Å². The Hall–Kier alpha value is -2.22. The lowest BCUT2D eigenvalue weighted by atomic mass is 10.1. The Bertz CT molecular complexity index is 780. The molecule has 1 saturated heterocycles. The van der Waals surface area contributed by atoms with Gasteiger partial charge in [-0.25, -0.2) is 4.98 Å². The number of piperazine rings is 1. The molecule has 0 saturated carbocycles. The molecule has 25 heavy (non-hydrogen) atoms. The second-order valence-corrected chi connectivity index (χ2v) is 7.41. The lowest BCUT2D eigenvalue weighted by Crippen LogP contribution is -2.50. The Morgan fingerprint density at radius 2 is 1.76 bits per heavy atom. The molecule has 0 radical (unpaired) electrons. The zero-order valence-corrected chi connectivity index (χ0v) is 15.1. The van der Waals surface area contributed by atoms with Gasteiger partial charge in [0.15, 0.2) is 5.69 Å². The van der Waals surface area contributed by atoms with Crippen LogP contribution in [0.25, 0.3) is 0 Å². The summed E-state index contributed by atoms with van der Waals surface area (Å²) in [5.74, 6) is -0.00692. The summed E-state index contributed by atoms with van der Waals surface area (Å²) in [4.78, 5) is 33.7. The standard InChI is InChI=1S/C17H21N5O2S/c1-12-15(25-11-18-12)17(24)21-8-6-20(7-9-21)16(23)14-10-13-4-2-3-5-22(13)19-14/h10-11H,2-9H2,1H3. The van der Waals surface area contributed by atoms with E-state index in [2.05, 4.69) is 10.1 Å². The van der Waals surface area contributed by atoms with Crippen LogP contribution in [0.15, 0.2) is 11.6 Å². The molecule has 0 bridgehead atoms. The monoisotopic (exact) mass is 359 g/mol. The van der Waals surface area contributed by atoms with Gasteiger partial charge in [-0.3, -0.25) is 14.3 Å². The molecule has 0 spiro atoms. The van der Waals surface area contributed by atoms with E-state index < -0.39 is 0 Å². The average Bonchev–Trinajstić information content (AvgIpc) is 3.26. The number of hydrogen-bond donors (Lipinski definition) is 0. The molecule has 0 N–H and O–H groups in total. The summed E-state index contributed by atoms with van der Waals surface area (Å²) in [6.45, 7) is 4.95. The minimum atomic E-state index is -0.0250. The number of thiazole rings is 1. The third-order valence-corrected chi connectivity index (χ3v) is 5.85. The minimum Gasteiger partial charge on any atom is -0.334 e. The zero-order valence-electron chi connectivity index (χ0n) is 14.3. The number of rotatable bonds is 2. The first-order valence-electron chi connectivity index (χ1n) is 8.69. The van der Waals surface area contributed by atoms with Crippen LogP contribution in [-0.4, -0.2) is 62.6 Å². The van der Waals surface area contributed by atoms with E-state index in [1.807, 2.05) is 22.6 Å². The number of nitrogens with zero attached hydrogens (tertiary/aromatic N) is 5. The van der Waals surface area contributed by atoms with Crippen molar-refractivity contribution in [1.82, 2.24) is 24.6 Å². The summed E-state index contributed by atoms with van der Waals surface area (Å²) in [6.07, 6.45) is 3.29. The highest BCUT2D eigenvalue weighted by Crippen LogP contribution is 2.19. The van der Waals surface area contributed by atoms with Crippen molar-refractivity contribution < 1.29 is 9.59 Å². The smallest absolute Gasteiger partial charge is 0.274 e. The molecular weight excluding hydrogens is 338 g/mol. The van der Waals surface area contributed by atoms with Gasteiger partial charge in [0.1, 0.15) is 4.88 Å². The molecule has 2 aromatic rings. The van der Waals surface area contributed by atoms with E-state index in [0.29, 0.717) is 36.8 Å². The fourth-order valence-corrected chi connectivity index (χ4v) is 4.22. The number of carbonyl (C=O) groups is 2. The van der Waals surface area contributed by atoms with Crippen LogP contribution < -0.4 is 0 Å². The summed E-state index contributed by atoms with van der Waals surface area (Å²) in [5.41, 5.74) is 4.17. The fourth-order valence-electron chi connectivity index (χ4n) is 3.45. The first-order valence-corrected chi connectivity index (χ1v) is 9.57. The van der Waals surface area contributed by atoms with Crippen molar-refractivity contribution in [2.75, 3.05) is 26.2 Å². The van der Waals surface area contributed by atoms with E-state index in [9.17, 15) is 9.59 Å². The van der Waals surface area contributed by atoms with Crippen molar-refractivity contribution in [2.24, 2.45) is 0 Å². The van der Waals surface area contributed by atoms with Crippen LogP contribution in [0.5, 0.6) is 0 Å². The van der Waals surface area contributed by atoms with Gasteiger partial charge in [0.2, 0.25) is 0 Å². The van der Waals surface area contributed by atoms with Crippen LogP contribution in [0.4, 0.5) is 0 Å². The lowest BCUT2D eigenvalue weighted by molar-refractivity contribution is 0.0534. The van der Waals surface area contributed by atoms with Crippen molar-refractivity contribution in [3.8, 4) is 0 Å². The average molecular weight is 359 g/mol. The van der Waals surface area contributed by atoms with Gasteiger partial charge in [0.25, 0.3) is 11.8 Å². The number of aryl methyl sites for hydroxylation is 3. The number of aromatic nitrogens is 3. The van der Waals surface area contributed by atoms with Crippen LogP contribution in [0.1, 0.15) is 44.4 Å². The molecule has 2 aliphatic rings. The topological polar surface area (TPSA) is 71.3 Å². The summed E-state index contributed by atoms with van der Waals surface area (Å²) in [6, 6.07) is 1.93. The predicted octanol–water partition coefficient (Wildman–Crippen LogP) is 1.58. The first-order chi connectivity index (χ1) is 12.1. The molecule has 2 aliphatic heterocycles. The molecule has 7 nitrogen and oxygen atoms in total. The number of amides is 2. The van der Waals surface area contributed by atoms with Crippen molar-refractivity contribution >= 4 is 23.2 Å². The quantitative estimate of drug-likeness (QED) is 0.816. The fraction of sp³-hybridized carbons (Fsp3) is 0.529. The summed E-state index contributed by atoms with van der Waals surface area (Å²) in [5, 5.41) is 4.47. The second kappa shape index (κ2) is 6.59. The van der Waals surface area contributed by atoms with Crippen molar-refractivity contribution in [3.05, 3.63) is 33.5 Å². The molecule has 0 aliphatic carbocycles. The molecule has 2 amide bonds. The molecule has 4 rings (SSSR count). The summed E-state index contributed by atoms with van der Waals surface area (Å²) >= 11 is 1.37. The number of fused-ring (bicyclic) bond motifs is 1. The lowest BCUT2D eigenvalue weighted by Gasteiger charge is -2.34. The molecule has 0 aromatic carbocycles. The normalized spacial score (nSPS) is 17.5. The van der Waals surface area contributed by atoms with E-state index in [0.717, 1.165) is 37.2 Å². The summed E-state index contributed by atoms with van der Waals surface area (Å²) < 4.78 is 1.96. The molecule has 0 atom stereocenters. The first kappa shape index (κ1) is 16.3. The Kier molecular flexibility index (Phi) is 4.29. The third kappa shape index (κ3) is 3.06. The Balaban J connectivity index is 1.40. The minimum absolute atomic E-state index is 0.0181. The maximum absolute atomic E-state index is 12.7.